The van der Waals surface area contributed by atoms with Crippen molar-refractivity contribution in [2.45, 2.75) is 39.7 Å². The molecule has 1 rings (SSSR count). The van der Waals surface area contributed by atoms with Crippen molar-refractivity contribution in [2.75, 3.05) is 19.7 Å². The SMILES string of the molecule is CCOC(=O)CNC(=O)N1CCCC(C)C1C. The van der Waals surface area contributed by atoms with E-state index >= 15 is 0 Å². The number of nitrogens with one attached hydrogen (secondary N) is 1. The fraction of sp³-hybridized carbons (Fsp3) is 0.833. The van der Waals surface area contributed by atoms with Crippen LogP contribution >= 0.6 is 0 Å². The van der Waals surface area contributed by atoms with E-state index in [1.807, 2.05) is 6.92 Å². The van der Waals surface area contributed by atoms with Gasteiger partial charge in [0.15, 0.2) is 0 Å². The van der Waals surface area contributed by atoms with E-state index in [0.717, 1.165) is 19.4 Å². The molecule has 1 saturated heterocycles. The molecule has 0 aliphatic carbocycles. The Balaban J connectivity index is 2.39. The number of nitrogens with zero attached hydrogens (tertiary/aromatic N) is 1. The summed E-state index contributed by atoms with van der Waals surface area (Å²) in [6.45, 7) is 6.99. The molecule has 0 radical (unpaired) electrons. The molecule has 2 unspecified atom stereocenters. The first-order valence-corrected chi connectivity index (χ1v) is 6.26. The second kappa shape index (κ2) is 6.47. The van der Waals surface area contributed by atoms with Crippen LogP contribution in [0.4, 0.5) is 4.79 Å². The maximum absolute atomic E-state index is 11.9. The van der Waals surface area contributed by atoms with E-state index < -0.39 is 5.97 Å². The number of likely N-dealkylation sites (tertiary alicyclic amines) is 1. The van der Waals surface area contributed by atoms with Gasteiger partial charge in [0.05, 0.1) is 6.61 Å². The van der Waals surface area contributed by atoms with Gasteiger partial charge in [-0.1, -0.05) is 6.92 Å². The molecule has 1 aliphatic rings. The van der Waals surface area contributed by atoms with Gasteiger partial charge < -0.3 is 15.0 Å². The van der Waals surface area contributed by atoms with E-state index in [-0.39, 0.29) is 18.6 Å². The van der Waals surface area contributed by atoms with Gasteiger partial charge >= 0.3 is 12.0 Å². The van der Waals surface area contributed by atoms with Gasteiger partial charge in [-0.2, -0.15) is 0 Å². The van der Waals surface area contributed by atoms with Crippen LogP contribution in [0.15, 0.2) is 0 Å². The van der Waals surface area contributed by atoms with Crippen LogP contribution < -0.4 is 5.32 Å². The molecule has 0 spiro atoms. The van der Waals surface area contributed by atoms with Crippen LogP contribution in [-0.2, 0) is 9.53 Å². The predicted octanol–water partition coefficient (Wildman–Crippen LogP) is 1.38. The van der Waals surface area contributed by atoms with Gasteiger partial charge in [-0.3, -0.25) is 4.79 Å². The predicted molar refractivity (Wildman–Crippen MR) is 64.6 cm³/mol. The Morgan fingerprint density at radius 2 is 2.12 bits per heavy atom. The van der Waals surface area contributed by atoms with Crippen molar-refractivity contribution in [1.82, 2.24) is 10.2 Å². The average Bonchev–Trinajstić information content (AvgIpc) is 2.30. The fourth-order valence-electron chi connectivity index (χ4n) is 2.08. The highest BCUT2D eigenvalue weighted by Gasteiger charge is 2.28. The number of piperidine rings is 1. The minimum Gasteiger partial charge on any atom is -0.465 e. The fourth-order valence-corrected chi connectivity index (χ4v) is 2.08. The Morgan fingerprint density at radius 1 is 1.41 bits per heavy atom. The Kier molecular flexibility index (Phi) is 5.25. The lowest BCUT2D eigenvalue weighted by atomic mass is 9.92. The van der Waals surface area contributed by atoms with Crippen LogP contribution in [0.1, 0.15) is 33.6 Å². The normalized spacial score (nSPS) is 24.3. The molecule has 0 aromatic carbocycles. The molecule has 1 heterocycles. The summed E-state index contributed by atoms with van der Waals surface area (Å²) in [5.41, 5.74) is 0. The molecular formula is C12H22N2O3. The van der Waals surface area contributed by atoms with Crippen molar-refractivity contribution in [3.8, 4) is 0 Å². The smallest absolute Gasteiger partial charge is 0.325 e. The molecule has 17 heavy (non-hydrogen) atoms. The minimum atomic E-state index is -0.390. The first-order chi connectivity index (χ1) is 8.06. The van der Waals surface area contributed by atoms with Gasteiger partial charge in [0.2, 0.25) is 0 Å². The number of amides is 2. The van der Waals surface area contributed by atoms with Crippen LogP contribution in [0.2, 0.25) is 0 Å². The van der Waals surface area contributed by atoms with Gasteiger partial charge in [-0.05, 0) is 32.6 Å². The molecule has 1 N–H and O–H groups in total. The topological polar surface area (TPSA) is 58.6 Å². The molecule has 5 heteroatoms. The highest BCUT2D eigenvalue weighted by molar-refractivity contribution is 5.81. The maximum atomic E-state index is 11.9. The van der Waals surface area contributed by atoms with E-state index in [2.05, 4.69) is 12.2 Å². The molecule has 2 atom stereocenters. The number of hydrogen-bond donors (Lipinski definition) is 1. The first kappa shape index (κ1) is 13.8. The van der Waals surface area contributed by atoms with E-state index in [0.29, 0.717) is 12.5 Å². The van der Waals surface area contributed by atoms with Crippen LogP contribution in [-0.4, -0.2) is 42.6 Å². The third-order valence-corrected chi connectivity index (χ3v) is 3.32. The lowest BCUT2D eigenvalue weighted by Crippen LogP contribution is -2.51. The van der Waals surface area contributed by atoms with Crippen molar-refractivity contribution in [3.05, 3.63) is 0 Å². The van der Waals surface area contributed by atoms with E-state index in [1.165, 1.54) is 0 Å². The zero-order valence-electron chi connectivity index (χ0n) is 10.9. The van der Waals surface area contributed by atoms with Crippen molar-refractivity contribution >= 4 is 12.0 Å². The van der Waals surface area contributed by atoms with E-state index in [9.17, 15) is 9.59 Å². The molecule has 5 nitrogen and oxygen atoms in total. The van der Waals surface area contributed by atoms with Crippen LogP contribution in [0.5, 0.6) is 0 Å². The monoisotopic (exact) mass is 242 g/mol. The van der Waals surface area contributed by atoms with Gasteiger partial charge in [0.1, 0.15) is 6.54 Å². The zero-order chi connectivity index (χ0) is 12.8. The molecule has 1 fully saturated rings. The highest BCUT2D eigenvalue weighted by atomic mass is 16.5. The summed E-state index contributed by atoms with van der Waals surface area (Å²) in [5.74, 6) is 0.121. The molecule has 0 bridgehead atoms. The summed E-state index contributed by atoms with van der Waals surface area (Å²) >= 11 is 0. The minimum absolute atomic E-state index is 0.0513. The molecule has 1 aliphatic heterocycles. The quantitative estimate of drug-likeness (QED) is 0.761. The lowest BCUT2D eigenvalue weighted by Gasteiger charge is -2.37. The third kappa shape index (κ3) is 3.91. The van der Waals surface area contributed by atoms with Crippen molar-refractivity contribution in [3.63, 3.8) is 0 Å². The summed E-state index contributed by atoms with van der Waals surface area (Å²) in [7, 11) is 0. The number of hydrogen-bond acceptors (Lipinski definition) is 3. The van der Waals surface area contributed by atoms with Gasteiger partial charge in [0.25, 0.3) is 0 Å². The summed E-state index contributed by atoms with van der Waals surface area (Å²) in [4.78, 5) is 24.8. The van der Waals surface area contributed by atoms with Crippen molar-refractivity contribution in [1.29, 1.82) is 0 Å². The second-order valence-electron chi connectivity index (χ2n) is 4.52. The molecule has 2 amide bonds. The van der Waals surface area contributed by atoms with Gasteiger partial charge in [-0.25, -0.2) is 4.79 Å². The highest BCUT2D eigenvalue weighted by Crippen LogP contribution is 2.22. The average molecular weight is 242 g/mol. The van der Waals surface area contributed by atoms with Crippen LogP contribution in [0.25, 0.3) is 0 Å². The lowest BCUT2D eigenvalue weighted by molar-refractivity contribution is -0.141. The second-order valence-corrected chi connectivity index (χ2v) is 4.52. The number of ether oxygens (including phenoxy) is 1. The molecule has 0 aromatic rings. The summed E-state index contributed by atoms with van der Waals surface area (Å²) in [6.07, 6.45) is 2.18. The molecule has 98 valence electrons. The van der Waals surface area contributed by atoms with Crippen LogP contribution in [0.3, 0.4) is 0 Å². The number of carbonyl (C=O) groups excluding carboxylic acids is 2. The van der Waals surface area contributed by atoms with Gasteiger partial charge in [-0.15, -0.1) is 0 Å². The Hall–Kier alpha value is -1.26. The largest absolute Gasteiger partial charge is 0.465 e. The Labute approximate surface area is 102 Å². The zero-order valence-corrected chi connectivity index (χ0v) is 10.9. The summed E-state index contributed by atoms with van der Waals surface area (Å²) in [5, 5.41) is 2.60. The molecule has 0 saturated carbocycles. The van der Waals surface area contributed by atoms with Crippen LogP contribution in [0, 0.1) is 5.92 Å². The number of esters is 1. The Bertz CT molecular complexity index is 281. The standard InChI is InChI=1S/C12H22N2O3/c1-4-17-11(15)8-13-12(16)14-7-5-6-9(2)10(14)3/h9-10H,4-8H2,1-3H3,(H,13,16). The van der Waals surface area contributed by atoms with Crippen molar-refractivity contribution < 1.29 is 14.3 Å². The first-order valence-electron chi connectivity index (χ1n) is 6.26. The van der Waals surface area contributed by atoms with E-state index in [4.69, 9.17) is 4.74 Å². The maximum Gasteiger partial charge on any atom is 0.325 e. The molecular weight excluding hydrogens is 220 g/mol. The van der Waals surface area contributed by atoms with E-state index in [1.54, 1.807) is 11.8 Å². The third-order valence-electron chi connectivity index (χ3n) is 3.32. The summed E-state index contributed by atoms with van der Waals surface area (Å²) in [6, 6.07) is 0.0584. The van der Waals surface area contributed by atoms with Crippen molar-refractivity contribution in [2.24, 2.45) is 5.92 Å². The number of carbonyl (C=O) groups is 2. The summed E-state index contributed by atoms with van der Waals surface area (Å²) < 4.78 is 4.76. The molecule has 0 aromatic heterocycles. The Morgan fingerprint density at radius 3 is 2.76 bits per heavy atom. The number of urea groups is 1. The van der Waals surface area contributed by atoms with Gasteiger partial charge in [0, 0.05) is 12.6 Å². The number of rotatable bonds is 3.